The van der Waals surface area contributed by atoms with Crippen LogP contribution < -0.4 is 47.7 Å². The van der Waals surface area contributed by atoms with Crippen molar-refractivity contribution < 1.29 is 112 Å². The first kappa shape index (κ1) is 84.6. The van der Waals surface area contributed by atoms with E-state index in [1.807, 2.05) is 41.5 Å². The highest BCUT2D eigenvalue weighted by molar-refractivity contribution is 7.80. The van der Waals surface area contributed by atoms with Gasteiger partial charge < -0.3 is 87.5 Å². The molecule has 0 aliphatic carbocycles. The molecular weight excluding hydrogens is 1320 g/mol. The number of unbranched alkanes of at least 4 members (excludes halogenated alkanes) is 1. The zero-order valence-electron chi connectivity index (χ0n) is 55.4. The molecule has 1 aromatic carbocycles. The second-order valence-corrected chi connectivity index (χ2v) is 30.7. The van der Waals surface area contributed by atoms with Gasteiger partial charge >= 0.3 is 47.8 Å². The predicted octanol–water partition coefficient (Wildman–Crippen LogP) is -1.78. The van der Waals surface area contributed by atoms with Crippen LogP contribution in [-0.4, -0.2) is 286 Å². The molecule has 0 saturated carbocycles. The van der Waals surface area contributed by atoms with Crippen LogP contribution in [0.1, 0.15) is 123 Å². The van der Waals surface area contributed by atoms with Gasteiger partial charge in [-0.2, -0.15) is 0 Å². The smallest absolute Gasteiger partial charge is 0.326 e. The molecule has 1 saturated heterocycles. The fourth-order valence-corrected chi connectivity index (χ4v) is 15.6. The third kappa shape index (κ3) is 32.4. The van der Waals surface area contributed by atoms with Crippen molar-refractivity contribution in [1.82, 2.24) is 62.1 Å². The maximum Gasteiger partial charge on any atom is 0.326 e. The van der Waals surface area contributed by atoms with Crippen molar-refractivity contribution in [1.29, 1.82) is 0 Å². The van der Waals surface area contributed by atoms with E-state index in [2.05, 4.69) is 42.5 Å². The van der Waals surface area contributed by atoms with E-state index in [0.29, 0.717) is 5.19 Å². The van der Waals surface area contributed by atoms with E-state index in [9.17, 15) is 103 Å². The quantitative estimate of drug-likeness (QED) is 0.0149. The number of aliphatic carboxylic acids is 8. The van der Waals surface area contributed by atoms with E-state index >= 15 is 4.11 Å². The van der Waals surface area contributed by atoms with Gasteiger partial charge in [0.05, 0.1) is 26.2 Å². The Balaban J connectivity index is 2.11. The summed E-state index contributed by atoms with van der Waals surface area (Å²) in [6.07, 6.45) is -2.46. The summed E-state index contributed by atoms with van der Waals surface area (Å²) in [5.41, 5.74) is 0.0792. The Labute approximate surface area is 566 Å². The van der Waals surface area contributed by atoms with Crippen LogP contribution in [0, 0.1) is 0 Å². The number of carbonyl (C=O) groups is 14. The Morgan fingerprint density at radius 3 is 1.21 bits per heavy atom. The highest BCUT2D eigenvalue weighted by Crippen LogP contribution is 2.51. The SMILES string of the molecule is CC(C)(C)[Si](F)(c1ccc(C(=O)NC[C@@H](NC(=O)CN2CCN(CC(=O)O)CCN(CC(=O)O)CCN(CC(=O)O)CC2)C(=O)N[C@H](CCCCNC(=O)CCC(=O)NCCC[C@@H](NC(=O)CC[C@H](NC(=S)N[C@@H](CCC(=O)O)C(=O)O)C(=O)O)C(=O)O)C(=O)O)cc1)C(C)(C)C. The Bertz CT molecular complexity index is 2870. The Morgan fingerprint density at radius 1 is 0.433 bits per heavy atom. The largest absolute Gasteiger partial charge is 0.481 e. The normalized spacial score (nSPS) is 15.5. The number of halogens is 1. The number of carboxylic acids is 8. The van der Waals surface area contributed by atoms with E-state index in [0.717, 1.165) is 0 Å². The van der Waals surface area contributed by atoms with Gasteiger partial charge in [-0.25, -0.2) is 19.2 Å². The summed E-state index contributed by atoms with van der Waals surface area (Å²) in [6, 6.07) is -1.68. The molecule has 16 N–H and O–H groups in total. The Kier molecular flexibility index (Phi) is 36.2. The Morgan fingerprint density at radius 2 is 0.804 bits per heavy atom. The lowest BCUT2D eigenvalue weighted by molar-refractivity contribution is -0.142. The van der Waals surface area contributed by atoms with Crippen LogP contribution >= 0.6 is 12.2 Å². The summed E-state index contributed by atoms with van der Waals surface area (Å²) in [5, 5.41) is 94.7. The topological polar surface area (TPSA) is 510 Å². The van der Waals surface area contributed by atoms with Crippen LogP contribution in [0.25, 0.3) is 0 Å². The lowest BCUT2D eigenvalue weighted by Crippen LogP contribution is -2.58. The minimum Gasteiger partial charge on any atom is -0.481 e. The number of rotatable bonds is 40. The number of hydrogen-bond acceptors (Lipinski definition) is 19. The van der Waals surface area contributed by atoms with Crippen molar-refractivity contribution in [3.05, 3.63) is 29.8 Å². The molecule has 0 spiro atoms. The number of hydrogen-bond donors (Lipinski definition) is 16. The number of benzene rings is 1. The van der Waals surface area contributed by atoms with Crippen LogP contribution in [0.5, 0.6) is 0 Å². The predicted molar refractivity (Wildman–Crippen MR) is 351 cm³/mol. The molecule has 1 fully saturated rings. The highest BCUT2D eigenvalue weighted by Gasteiger charge is 2.56. The number of carboxylic acid groups (broad SMARTS) is 8. The second-order valence-electron chi connectivity index (χ2n) is 25.4. The molecule has 0 aromatic heterocycles. The molecule has 2 rings (SSSR count). The van der Waals surface area contributed by atoms with Crippen molar-refractivity contribution in [3.63, 3.8) is 0 Å². The minimum absolute atomic E-state index is 0.0128. The Hall–Kier alpha value is -8.52. The van der Waals surface area contributed by atoms with E-state index in [1.165, 1.54) is 12.1 Å². The zero-order valence-corrected chi connectivity index (χ0v) is 57.3. The molecule has 5 atom stereocenters. The van der Waals surface area contributed by atoms with Crippen molar-refractivity contribution in [2.75, 3.05) is 98.2 Å². The molecule has 0 unspecified atom stereocenters. The summed E-state index contributed by atoms with van der Waals surface area (Å²) in [7, 11) is -3.74. The van der Waals surface area contributed by atoms with Gasteiger partial charge in [0.1, 0.15) is 30.2 Å². The lowest BCUT2D eigenvalue weighted by Gasteiger charge is -2.44. The number of nitrogens with zero attached hydrogens (tertiary/aromatic N) is 4. The molecule has 6 amide bonds. The van der Waals surface area contributed by atoms with Gasteiger partial charge in [-0.15, -0.1) is 0 Å². The maximum absolute atomic E-state index is 17.1. The highest BCUT2D eigenvalue weighted by atomic mass is 32.1. The first-order valence-corrected chi connectivity index (χ1v) is 33.8. The van der Waals surface area contributed by atoms with Gasteiger partial charge in [0.2, 0.25) is 29.5 Å². The summed E-state index contributed by atoms with van der Waals surface area (Å²) >= 11 is 4.96. The zero-order chi connectivity index (χ0) is 73.4. The van der Waals surface area contributed by atoms with Gasteiger partial charge in [-0.3, -0.25) is 67.5 Å². The maximum atomic E-state index is 17.1. The first-order valence-electron chi connectivity index (χ1n) is 31.5. The fraction of sp³-hybridized carbons (Fsp3) is 0.650. The van der Waals surface area contributed by atoms with E-state index in [-0.39, 0.29) is 129 Å². The minimum atomic E-state index is -3.74. The molecule has 1 aliphatic rings. The molecule has 37 heteroatoms. The standard InChI is InChI=1S/C60H95FN12O22SSi/c1-59(2,3)97(61,60(4,5)6)38-14-12-37(13-15-38)52(86)64-32-43(66-47(77)33-70-24-26-71(34-49(80)81)28-30-73(36-51(84)85)31-29-72(27-25-70)35-50(82)83)53(87)67-40(55(90)91)10-7-8-22-62-44(74)19-20-45(75)63-23-9-11-39(54(88)89)65-46(76)18-16-41(56(92)93)68-58(96)69-42(57(94)95)17-21-48(78)79/h12-15,39-43H,7-11,16-36H2,1-6H3,(H,62,74)(H,63,75)(H,64,86)(H,65,76)(H,66,77)(H,67,87)(H,78,79)(H,80,81)(H,82,83)(H,84,85)(H,88,89)(H,90,91)(H,92,93)(H,94,95)(H2,68,69,96)/t39-,40-,41+,42+,43-/m1/s1. The third-order valence-corrected chi connectivity index (χ3v) is 21.2. The average molecular weight is 1420 g/mol. The van der Waals surface area contributed by atoms with Crippen LogP contribution in [0.2, 0.25) is 10.1 Å². The number of carbonyl (C=O) groups excluding carboxylic acids is 6. The molecule has 1 aliphatic heterocycles. The summed E-state index contributed by atoms with van der Waals surface area (Å²) < 4.78 is 17.1. The van der Waals surface area contributed by atoms with Gasteiger partial charge in [-0.05, 0) is 84.6 Å². The summed E-state index contributed by atoms with van der Waals surface area (Å²) in [5.74, 6) is -15.2. The average Bonchev–Trinajstić information content (AvgIpc) is 0.749. The molecule has 34 nitrogen and oxygen atoms in total. The van der Waals surface area contributed by atoms with Crippen LogP contribution in [-0.2, 0) is 62.3 Å². The molecule has 1 aromatic rings. The third-order valence-electron chi connectivity index (χ3n) is 15.7. The molecule has 544 valence electrons. The number of thiocarbonyl (C=S) groups is 1. The van der Waals surface area contributed by atoms with E-state index in [1.54, 1.807) is 31.7 Å². The van der Waals surface area contributed by atoms with Crippen molar-refractivity contribution in [2.24, 2.45) is 0 Å². The van der Waals surface area contributed by atoms with Gasteiger partial charge in [0.25, 0.3) is 14.3 Å². The van der Waals surface area contributed by atoms with E-state index < -0.39 is 182 Å². The lowest BCUT2D eigenvalue weighted by atomic mass is 10.1. The van der Waals surface area contributed by atoms with Crippen LogP contribution in [0.3, 0.4) is 0 Å². The molecule has 1 heterocycles. The van der Waals surface area contributed by atoms with E-state index in [4.69, 9.17) is 17.3 Å². The summed E-state index contributed by atoms with van der Waals surface area (Å²) in [4.78, 5) is 180. The fourth-order valence-electron chi connectivity index (χ4n) is 10.7. The molecular formula is C60H95FN12O22SSi. The van der Waals surface area contributed by atoms with Crippen LogP contribution in [0.4, 0.5) is 4.11 Å². The van der Waals surface area contributed by atoms with Crippen molar-refractivity contribution in [2.45, 2.75) is 152 Å². The molecule has 0 bridgehead atoms. The van der Waals surface area contributed by atoms with Gasteiger partial charge in [-0.1, -0.05) is 53.7 Å². The summed E-state index contributed by atoms with van der Waals surface area (Å²) in [6.45, 7) is 9.15. The number of amides is 6. The first-order chi connectivity index (χ1) is 45.2. The number of nitrogens with one attached hydrogen (secondary N) is 8. The van der Waals surface area contributed by atoms with Crippen molar-refractivity contribution in [3.8, 4) is 0 Å². The molecule has 97 heavy (non-hydrogen) atoms. The van der Waals surface area contributed by atoms with Gasteiger partial charge in [0, 0.05) is 103 Å². The monoisotopic (exact) mass is 1410 g/mol. The molecule has 0 radical (unpaired) electrons. The van der Waals surface area contributed by atoms with Crippen molar-refractivity contribution >= 4 is 114 Å². The van der Waals surface area contributed by atoms with Crippen LogP contribution in [0.15, 0.2) is 24.3 Å². The van der Waals surface area contributed by atoms with Gasteiger partial charge in [0.15, 0.2) is 5.11 Å². The second kappa shape index (κ2) is 41.5.